The minimum atomic E-state index is -3.35. The zero-order chi connectivity index (χ0) is 25.7. The number of benzene rings is 1. The zero-order valence-corrected chi connectivity index (χ0v) is 20.5. The lowest BCUT2D eigenvalue weighted by atomic mass is 9.98. The number of amides is 1. The van der Waals surface area contributed by atoms with Crippen LogP contribution in [0, 0.1) is 23.5 Å². The third-order valence-electron chi connectivity index (χ3n) is 5.62. The second-order valence-electron chi connectivity index (χ2n) is 8.37. The van der Waals surface area contributed by atoms with E-state index in [0.717, 1.165) is 24.6 Å². The summed E-state index contributed by atoms with van der Waals surface area (Å²) in [6, 6.07) is 2.86. The molecule has 2 atom stereocenters. The van der Waals surface area contributed by atoms with Crippen LogP contribution in [0.2, 0.25) is 0 Å². The highest BCUT2D eigenvalue weighted by Gasteiger charge is 2.31. The van der Waals surface area contributed by atoms with E-state index in [1.807, 2.05) is 0 Å². The highest BCUT2D eigenvalue weighted by Crippen LogP contribution is 2.22. The molecule has 192 valence electrons. The number of carbonyl (C=O) groups excluding carboxylic acids is 1. The summed E-state index contributed by atoms with van der Waals surface area (Å²) in [5.74, 6) is -4.05. The Morgan fingerprint density at radius 3 is 1.91 bits per heavy atom. The predicted molar refractivity (Wildman–Crippen MR) is 121 cm³/mol. The quantitative estimate of drug-likeness (QED) is 0.591. The Labute approximate surface area is 198 Å². The van der Waals surface area contributed by atoms with Crippen molar-refractivity contribution in [1.82, 2.24) is 8.61 Å². The number of nitrogens with zero attached hydrogens (tertiary/aromatic N) is 2. The van der Waals surface area contributed by atoms with Crippen molar-refractivity contribution < 1.29 is 40.3 Å². The average molecular weight is 526 g/mol. The summed E-state index contributed by atoms with van der Waals surface area (Å²) in [7, 11) is -6.57. The molecule has 1 aromatic carbocycles. The van der Waals surface area contributed by atoms with Crippen LogP contribution in [-0.2, 0) is 29.6 Å². The molecule has 14 heteroatoms. The molecule has 2 aliphatic rings. The Balaban J connectivity index is 0.000000270. The Kier molecular flexibility index (Phi) is 9.51. The summed E-state index contributed by atoms with van der Waals surface area (Å²) in [6.07, 6.45) is 4.49. The third kappa shape index (κ3) is 8.25. The van der Waals surface area contributed by atoms with Crippen LogP contribution in [0.5, 0.6) is 0 Å². The summed E-state index contributed by atoms with van der Waals surface area (Å²) in [5, 5.41) is 11.1. The molecule has 34 heavy (non-hydrogen) atoms. The van der Waals surface area contributed by atoms with Gasteiger partial charge in [-0.25, -0.2) is 34.2 Å². The van der Waals surface area contributed by atoms with Gasteiger partial charge in [0.05, 0.1) is 30.0 Å². The Morgan fingerprint density at radius 1 is 0.941 bits per heavy atom. The molecule has 0 saturated carbocycles. The van der Waals surface area contributed by atoms with Crippen molar-refractivity contribution in [3.8, 4) is 0 Å². The number of hydrogen-bond donors (Lipinski definition) is 2. The van der Waals surface area contributed by atoms with Gasteiger partial charge in [-0.1, -0.05) is 0 Å². The molecule has 0 bridgehead atoms. The monoisotopic (exact) mass is 525 g/mol. The van der Waals surface area contributed by atoms with Gasteiger partial charge in [-0.15, -0.1) is 0 Å². The number of rotatable bonds is 5. The first kappa shape index (κ1) is 28.1. The van der Waals surface area contributed by atoms with E-state index in [1.54, 1.807) is 0 Å². The second kappa shape index (κ2) is 11.5. The van der Waals surface area contributed by atoms with Crippen molar-refractivity contribution in [2.75, 3.05) is 44.0 Å². The van der Waals surface area contributed by atoms with E-state index < -0.39 is 55.4 Å². The standard InChI is InChI=1S/C13H16F2N2O3S.C7H13NO4S/c1-21(19,20)17-6-2-3-9(8-17)13(18)16-12-5-4-10(14)7-11(12)15;1-13(11,12)8-4-2-3-6(5-8)7(9)10/h4-5,7,9H,2-3,6,8H2,1H3,(H,16,18);6H,2-5H2,1H3,(H,9,10)/t9-;6-/m00/s1. The maximum Gasteiger partial charge on any atom is 0.307 e. The summed E-state index contributed by atoms with van der Waals surface area (Å²) >= 11 is 0. The minimum absolute atomic E-state index is 0.0769. The topological polar surface area (TPSA) is 141 Å². The molecule has 1 aromatic rings. The molecule has 2 N–H and O–H groups in total. The molecule has 1 amide bonds. The first-order chi connectivity index (χ1) is 15.7. The zero-order valence-electron chi connectivity index (χ0n) is 18.9. The molecule has 0 unspecified atom stereocenters. The number of piperidine rings is 2. The molecule has 2 aliphatic heterocycles. The van der Waals surface area contributed by atoms with Crippen LogP contribution in [-0.4, -0.2) is 81.1 Å². The number of carboxylic acids is 1. The fourth-order valence-corrected chi connectivity index (χ4v) is 5.55. The van der Waals surface area contributed by atoms with E-state index in [4.69, 9.17) is 5.11 Å². The number of carboxylic acid groups (broad SMARTS) is 1. The fraction of sp³-hybridized carbons (Fsp3) is 0.600. The third-order valence-corrected chi connectivity index (χ3v) is 8.15. The van der Waals surface area contributed by atoms with Gasteiger partial charge in [0.2, 0.25) is 26.0 Å². The van der Waals surface area contributed by atoms with Gasteiger partial charge < -0.3 is 10.4 Å². The number of aliphatic carboxylic acids is 1. The van der Waals surface area contributed by atoms with Crippen LogP contribution < -0.4 is 5.32 Å². The van der Waals surface area contributed by atoms with E-state index >= 15 is 0 Å². The summed E-state index contributed by atoms with van der Waals surface area (Å²) < 4.78 is 73.9. The Hall–Kier alpha value is -2.16. The van der Waals surface area contributed by atoms with E-state index in [-0.39, 0.29) is 18.8 Å². The summed E-state index contributed by atoms with van der Waals surface area (Å²) in [6.45, 7) is 1.03. The maximum atomic E-state index is 13.5. The van der Waals surface area contributed by atoms with Gasteiger partial charge in [0.1, 0.15) is 11.6 Å². The van der Waals surface area contributed by atoms with Gasteiger partial charge >= 0.3 is 5.97 Å². The lowest BCUT2D eigenvalue weighted by Gasteiger charge is -2.30. The molecule has 0 aromatic heterocycles. The van der Waals surface area contributed by atoms with Crippen LogP contribution in [0.25, 0.3) is 0 Å². The molecule has 0 spiro atoms. The Bertz CT molecular complexity index is 1110. The summed E-state index contributed by atoms with van der Waals surface area (Å²) in [5.41, 5.74) is -0.113. The molecular formula is C20H29F2N3O7S2. The molecule has 2 saturated heterocycles. The van der Waals surface area contributed by atoms with Crippen LogP contribution in [0.15, 0.2) is 18.2 Å². The van der Waals surface area contributed by atoms with Crippen molar-refractivity contribution in [2.24, 2.45) is 11.8 Å². The van der Waals surface area contributed by atoms with Crippen LogP contribution in [0.4, 0.5) is 14.5 Å². The molecular weight excluding hydrogens is 496 g/mol. The maximum absolute atomic E-state index is 13.5. The molecule has 2 heterocycles. The van der Waals surface area contributed by atoms with Gasteiger partial charge in [-0.3, -0.25) is 9.59 Å². The van der Waals surface area contributed by atoms with Crippen molar-refractivity contribution in [3.05, 3.63) is 29.8 Å². The first-order valence-electron chi connectivity index (χ1n) is 10.6. The van der Waals surface area contributed by atoms with E-state index in [2.05, 4.69) is 5.32 Å². The smallest absolute Gasteiger partial charge is 0.307 e. The fourth-order valence-electron chi connectivity index (χ4n) is 3.73. The Morgan fingerprint density at radius 2 is 1.44 bits per heavy atom. The van der Waals surface area contributed by atoms with E-state index in [0.29, 0.717) is 44.8 Å². The van der Waals surface area contributed by atoms with E-state index in [1.165, 1.54) is 8.61 Å². The van der Waals surface area contributed by atoms with Gasteiger partial charge in [-0.2, -0.15) is 0 Å². The number of carbonyl (C=O) groups is 2. The number of sulfonamides is 2. The van der Waals surface area contributed by atoms with Gasteiger partial charge in [0.15, 0.2) is 0 Å². The van der Waals surface area contributed by atoms with Gasteiger partial charge in [0.25, 0.3) is 0 Å². The molecule has 3 rings (SSSR count). The SMILES string of the molecule is CS(=O)(=O)N1CCC[C@H](C(=O)Nc2ccc(F)cc2F)C1.CS(=O)(=O)N1CCC[C@H](C(=O)O)C1. The lowest BCUT2D eigenvalue weighted by molar-refractivity contribution is -0.142. The van der Waals surface area contributed by atoms with Gasteiger partial charge in [0, 0.05) is 32.2 Å². The normalized spacial score (nSPS) is 22.4. The van der Waals surface area contributed by atoms with Crippen molar-refractivity contribution in [1.29, 1.82) is 0 Å². The number of anilines is 1. The number of halogens is 2. The molecule has 0 radical (unpaired) electrons. The average Bonchev–Trinajstić information content (AvgIpc) is 2.75. The molecule has 2 fully saturated rings. The number of nitrogens with one attached hydrogen (secondary N) is 1. The lowest BCUT2D eigenvalue weighted by Crippen LogP contribution is -2.43. The second-order valence-corrected chi connectivity index (χ2v) is 12.3. The van der Waals surface area contributed by atoms with Crippen LogP contribution >= 0.6 is 0 Å². The summed E-state index contributed by atoms with van der Waals surface area (Å²) in [4.78, 5) is 22.7. The first-order valence-corrected chi connectivity index (χ1v) is 14.3. The highest BCUT2D eigenvalue weighted by molar-refractivity contribution is 7.88. The van der Waals surface area contributed by atoms with Gasteiger partial charge in [-0.05, 0) is 37.8 Å². The molecule has 0 aliphatic carbocycles. The highest BCUT2D eigenvalue weighted by atomic mass is 32.2. The van der Waals surface area contributed by atoms with Crippen LogP contribution in [0.3, 0.4) is 0 Å². The molecule has 10 nitrogen and oxygen atoms in total. The van der Waals surface area contributed by atoms with Crippen molar-refractivity contribution in [2.45, 2.75) is 25.7 Å². The largest absolute Gasteiger partial charge is 0.481 e. The number of hydrogen-bond acceptors (Lipinski definition) is 6. The predicted octanol–water partition coefficient (Wildman–Crippen LogP) is 1.32. The van der Waals surface area contributed by atoms with Crippen molar-refractivity contribution >= 4 is 37.6 Å². The van der Waals surface area contributed by atoms with Crippen molar-refractivity contribution in [3.63, 3.8) is 0 Å². The van der Waals surface area contributed by atoms with Crippen LogP contribution in [0.1, 0.15) is 25.7 Å². The van der Waals surface area contributed by atoms with E-state index in [9.17, 15) is 35.2 Å². The minimum Gasteiger partial charge on any atom is -0.481 e.